The van der Waals surface area contributed by atoms with Crippen LogP contribution in [0, 0.1) is 13.8 Å². The molecule has 13 heteroatoms. The van der Waals surface area contributed by atoms with Crippen LogP contribution in [0.3, 0.4) is 0 Å². The Balaban J connectivity index is 0.000000216. The van der Waals surface area contributed by atoms with E-state index in [4.69, 9.17) is 9.59 Å². The predicted octanol–water partition coefficient (Wildman–Crippen LogP) is 3.95. The quantitative estimate of drug-likeness (QED) is 0.302. The zero-order valence-corrected chi connectivity index (χ0v) is 26.2. The van der Waals surface area contributed by atoms with Gasteiger partial charge in [-0.25, -0.2) is 4.52 Å². The summed E-state index contributed by atoms with van der Waals surface area (Å²) in [4.78, 5) is 43.6. The maximum atomic E-state index is 12.3. The Labute approximate surface area is 249 Å². The second-order valence-electron chi connectivity index (χ2n) is 12.1. The molecule has 0 atom stereocenters. The molecule has 5 heterocycles. The fraction of sp³-hybridized carbons (Fsp3) is 0.433. The summed E-state index contributed by atoms with van der Waals surface area (Å²) in [6, 6.07) is 0. The zero-order chi connectivity index (χ0) is 32.1. The number of nitrogens with one attached hydrogen (secondary N) is 1. The smallest absolute Gasteiger partial charge is 0.319 e. The van der Waals surface area contributed by atoms with E-state index in [2.05, 4.69) is 73.8 Å². The lowest BCUT2D eigenvalue weighted by molar-refractivity contribution is -0.191. The SMILES string of the molecule is CCc1c(C)cnn1CC(=O)c1cnn(C(C)(C)C)c1.Cc1cnn2cc(-c3cnn(C(C)(C)C)c3)[nH]c(=O)c12.O=C=O. The van der Waals surface area contributed by atoms with Crippen LogP contribution in [-0.2, 0) is 33.6 Å². The van der Waals surface area contributed by atoms with Crippen molar-refractivity contribution in [1.29, 1.82) is 0 Å². The van der Waals surface area contributed by atoms with Crippen molar-refractivity contribution < 1.29 is 14.4 Å². The molecule has 0 fully saturated rings. The number of fused-ring (bicyclic) bond motifs is 1. The molecule has 0 saturated heterocycles. The Morgan fingerprint density at radius 3 is 1.98 bits per heavy atom. The van der Waals surface area contributed by atoms with Gasteiger partial charge in [0.05, 0.1) is 53.3 Å². The first-order valence-electron chi connectivity index (χ1n) is 13.8. The second-order valence-corrected chi connectivity index (χ2v) is 12.1. The van der Waals surface area contributed by atoms with Crippen LogP contribution in [0.4, 0.5) is 0 Å². The summed E-state index contributed by atoms with van der Waals surface area (Å²) in [6.45, 7) is 18.6. The van der Waals surface area contributed by atoms with Gasteiger partial charge >= 0.3 is 6.15 Å². The molecule has 0 aromatic carbocycles. The first kappa shape index (κ1) is 32.6. The first-order chi connectivity index (χ1) is 20.1. The maximum absolute atomic E-state index is 12.3. The highest BCUT2D eigenvalue weighted by molar-refractivity contribution is 5.95. The van der Waals surface area contributed by atoms with Crippen LogP contribution in [0.1, 0.15) is 75.6 Å². The van der Waals surface area contributed by atoms with E-state index in [1.807, 2.05) is 48.0 Å². The third-order valence-electron chi connectivity index (χ3n) is 6.65. The van der Waals surface area contributed by atoms with Gasteiger partial charge in [0.2, 0.25) is 0 Å². The number of rotatable bonds is 5. The number of Topliss-reactive ketones (excluding diaryl/α,β-unsaturated/α-hetero) is 1. The number of hydrogen-bond donors (Lipinski definition) is 1. The van der Waals surface area contributed by atoms with Crippen LogP contribution in [0.5, 0.6) is 0 Å². The zero-order valence-electron chi connectivity index (χ0n) is 26.2. The molecule has 1 N–H and O–H groups in total. The van der Waals surface area contributed by atoms with Crippen molar-refractivity contribution in [2.24, 2.45) is 0 Å². The molecule has 0 bridgehead atoms. The van der Waals surface area contributed by atoms with Crippen molar-refractivity contribution in [3.8, 4) is 11.3 Å². The molecular weight excluding hydrogens is 550 g/mol. The van der Waals surface area contributed by atoms with Gasteiger partial charge in [-0.1, -0.05) is 6.92 Å². The number of hydrogen-bond acceptors (Lipinski definition) is 8. The standard InChI is InChI=1S/C15H22N4O.C14H17N5O.CO2/c1-6-13-11(2)7-16-18(13)10-14(20)12-8-17-19(9-12)15(3,4)5;1-9-5-15-18-8-11(17-13(20)12(9)18)10-6-16-19(7-10)14(2,3)4;2-1-3/h7-9H,6,10H2,1-5H3;5-8H,1-4H3,(H,17,20);. The molecule has 0 unspecified atom stereocenters. The van der Waals surface area contributed by atoms with Crippen LogP contribution in [0.25, 0.3) is 16.8 Å². The Morgan fingerprint density at radius 1 is 0.837 bits per heavy atom. The lowest BCUT2D eigenvalue weighted by Gasteiger charge is -2.18. The van der Waals surface area contributed by atoms with Gasteiger partial charge < -0.3 is 4.98 Å². The summed E-state index contributed by atoms with van der Waals surface area (Å²) in [7, 11) is 0. The van der Waals surface area contributed by atoms with E-state index in [0.717, 1.165) is 28.8 Å². The van der Waals surface area contributed by atoms with Gasteiger partial charge in [-0.15, -0.1) is 0 Å². The molecule has 228 valence electrons. The molecule has 0 aliphatic carbocycles. The lowest BCUT2D eigenvalue weighted by Crippen LogP contribution is -2.22. The molecule has 13 nitrogen and oxygen atoms in total. The molecule has 5 aromatic heterocycles. The highest BCUT2D eigenvalue weighted by Gasteiger charge is 2.18. The Morgan fingerprint density at radius 2 is 1.42 bits per heavy atom. The van der Waals surface area contributed by atoms with E-state index in [9.17, 15) is 9.59 Å². The van der Waals surface area contributed by atoms with Crippen LogP contribution in [0.2, 0.25) is 0 Å². The fourth-order valence-electron chi connectivity index (χ4n) is 4.30. The molecule has 0 aliphatic heterocycles. The fourth-order valence-corrected chi connectivity index (χ4v) is 4.30. The molecule has 0 aliphatic rings. The summed E-state index contributed by atoms with van der Waals surface area (Å²) >= 11 is 0. The number of aryl methyl sites for hydroxylation is 2. The van der Waals surface area contributed by atoms with Gasteiger partial charge in [-0.05, 0) is 67.4 Å². The summed E-state index contributed by atoms with van der Waals surface area (Å²) in [6.07, 6.45) is 13.6. The second kappa shape index (κ2) is 13.0. The Hall–Kier alpha value is -4.90. The van der Waals surface area contributed by atoms with Crippen LogP contribution >= 0.6 is 0 Å². The van der Waals surface area contributed by atoms with Gasteiger partial charge in [0.15, 0.2) is 5.78 Å². The first-order valence-corrected chi connectivity index (χ1v) is 13.8. The third kappa shape index (κ3) is 7.69. The average molecular weight is 590 g/mol. The molecular formula is C30H39N9O4. The van der Waals surface area contributed by atoms with Crippen LogP contribution < -0.4 is 5.56 Å². The topological polar surface area (TPSA) is 155 Å². The van der Waals surface area contributed by atoms with Crippen molar-refractivity contribution in [3.05, 3.63) is 76.1 Å². The summed E-state index contributed by atoms with van der Waals surface area (Å²) in [5, 5.41) is 17.1. The van der Waals surface area contributed by atoms with Crippen molar-refractivity contribution in [2.75, 3.05) is 0 Å². The average Bonchev–Trinajstić information content (AvgIpc) is 3.71. The van der Waals surface area contributed by atoms with Crippen molar-refractivity contribution >= 4 is 17.5 Å². The van der Waals surface area contributed by atoms with E-state index < -0.39 is 0 Å². The van der Waals surface area contributed by atoms with Crippen molar-refractivity contribution in [2.45, 2.75) is 86.4 Å². The molecule has 0 saturated carbocycles. The minimum Gasteiger partial charge on any atom is -0.319 e. The summed E-state index contributed by atoms with van der Waals surface area (Å²) in [5.74, 6) is 0.0401. The van der Waals surface area contributed by atoms with Gasteiger partial charge in [0.25, 0.3) is 5.56 Å². The van der Waals surface area contributed by atoms with Gasteiger partial charge in [-0.2, -0.15) is 30.0 Å². The minimum atomic E-state index is -0.138. The molecule has 5 aromatic rings. The van der Waals surface area contributed by atoms with Crippen molar-refractivity contribution in [3.63, 3.8) is 0 Å². The number of carbonyl (C=O) groups is 1. The predicted molar refractivity (Wildman–Crippen MR) is 160 cm³/mol. The number of carbonyl (C=O) groups excluding carboxylic acids is 3. The number of nitrogens with zero attached hydrogens (tertiary/aromatic N) is 8. The number of aromatic nitrogens is 9. The molecule has 0 amide bonds. The minimum absolute atomic E-state index is 0.0401. The monoisotopic (exact) mass is 589 g/mol. The molecule has 0 radical (unpaired) electrons. The Kier molecular flexibility index (Phi) is 9.82. The highest BCUT2D eigenvalue weighted by atomic mass is 16.2. The van der Waals surface area contributed by atoms with E-state index in [1.165, 1.54) is 0 Å². The summed E-state index contributed by atoms with van der Waals surface area (Å²) < 4.78 is 7.08. The van der Waals surface area contributed by atoms with E-state index in [-0.39, 0.29) is 35.1 Å². The molecule has 43 heavy (non-hydrogen) atoms. The van der Waals surface area contributed by atoms with E-state index in [0.29, 0.717) is 16.8 Å². The van der Waals surface area contributed by atoms with E-state index in [1.54, 1.807) is 27.8 Å². The van der Waals surface area contributed by atoms with Gasteiger partial charge in [0, 0.05) is 29.2 Å². The van der Waals surface area contributed by atoms with Crippen LogP contribution in [-0.4, -0.2) is 55.9 Å². The molecule has 5 rings (SSSR count). The third-order valence-corrected chi connectivity index (χ3v) is 6.65. The highest BCUT2D eigenvalue weighted by Crippen LogP contribution is 2.20. The normalized spacial score (nSPS) is 11.4. The van der Waals surface area contributed by atoms with Gasteiger partial charge in [-0.3, -0.25) is 23.6 Å². The largest absolute Gasteiger partial charge is 0.373 e. The number of ketones is 1. The van der Waals surface area contributed by atoms with Crippen molar-refractivity contribution in [1.82, 2.24) is 43.9 Å². The van der Waals surface area contributed by atoms with E-state index >= 15 is 0 Å². The van der Waals surface area contributed by atoms with Gasteiger partial charge in [0.1, 0.15) is 12.1 Å². The van der Waals surface area contributed by atoms with Crippen LogP contribution in [0.15, 0.2) is 48.2 Å². The number of aromatic amines is 1. The molecule has 0 spiro atoms. The lowest BCUT2D eigenvalue weighted by atomic mass is 10.1. The number of H-pyrrole nitrogens is 1. The maximum Gasteiger partial charge on any atom is 0.373 e. The summed E-state index contributed by atoms with van der Waals surface area (Å²) in [5.41, 5.74) is 5.55. The Bertz CT molecular complexity index is 1800.